The molecule has 0 bridgehead atoms. The summed E-state index contributed by atoms with van der Waals surface area (Å²) >= 11 is 0. The predicted molar refractivity (Wildman–Crippen MR) is 68.7 cm³/mol. The molecule has 0 aromatic heterocycles. The van der Waals surface area contributed by atoms with E-state index in [0.717, 1.165) is 25.7 Å². The van der Waals surface area contributed by atoms with Crippen LogP contribution in [0, 0.1) is 11.3 Å². The Morgan fingerprint density at radius 1 is 1.24 bits per heavy atom. The van der Waals surface area contributed by atoms with E-state index in [1.54, 1.807) is 7.11 Å². The molecule has 3 N–H and O–H groups in total. The zero-order chi connectivity index (χ0) is 12.3. The second kappa shape index (κ2) is 5.68. The second-order valence-electron chi connectivity index (χ2n) is 5.92. The van der Waals surface area contributed by atoms with E-state index in [4.69, 9.17) is 10.5 Å². The Kier molecular flexibility index (Phi) is 4.45. The monoisotopic (exact) mass is 241 g/mol. The normalized spacial score (nSPS) is 43.6. The van der Waals surface area contributed by atoms with Gasteiger partial charge in [0.05, 0.1) is 12.2 Å². The van der Waals surface area contributed by atoms with Crippen LogP contribution < -0.4 is 5.73 Å². The third kappa shape index (κ3) is 2.51. The zero-order valence-corrected chi connectivity index (χ0v) is 11.0. The first kappa shape index (κ1) is 13.3. The van der Waals surface area contributed by atoms with Crippen LogP contribution in [0.4, 0.5) is 0 Å². The van der Waals surface area contributed by atoms with Gasteiger partial charge in [-0.1, -0.05) is 19.3 Å². The maximum Gasteiger partial charge on any atom is 0.0611 e. The van der Waals surface area contributed by atoms with Crippen LogP contribution in [0.3, 0.4) is 0 Å². The summed E-state index contributed by atoms with van der Waals surface area (Å²) in [5.41, 5.74) is 6.03. The summed E-state index contributed by atoms with van der Waals surface area (Å²) in [7, 11) is 1.81. The minimum Gasteiger partial charge on any atom is -0.392 e. The topological polar surface area (TPSA) is 55.5 Å². The van der Waals surface area contributed by atoms with Crippen molar-refractivity contribution in [1.82, 2.24) is 0 Å². The van der Waals surface area contributed by atoms with Crippen molar-refractivity contribution in [3.8, 4) is 0 Å². The molecule has 0 aromatic rings. The van der Waals surface area contributed by atoms with Gasteiger partial charge in [-0.15, -0.1) is 0 Å². The average Bonchev–Trinajstić information content (AvgIpc) is 2.40. The summed E-state index contributed by atoms with van der Waals surface area (Å²) in [6.07, 6.45) is 9.30. The van der Waals surface area contributed by atoms with E-state index in [0.29, 0.717) is 18.6 Å². The Morgan fingerprint density at radius 2 is 2.06 bits per heavy atom. The van der Waals surface area contributed by atoms with E-state index in [2.05, 4.69) is 0 Å². The Hall–Kier alpha value is -0.120. The van der Waals surface area contributed by atoms with Crippen molar-refractivity contribution < 1.29 is 9.84 Å². The number of hydrogen-bond donors (Lipinski definition) is 2. The van der Waals surface area contributed by atoms with Gasteiger partial charge in [0.15, 0.2) is 0 Å². The maximum atomic E-state index is 10.4. The molecule has 3 heteroatoms. The van der Waals surface area contributed by atoms with Crippen molar-refractivity contribution >= 4 is 0 Å². The van der Waals surface area contributed by atoms with Gasteiger partial charge < -0.3 is 15.6 Å². The summed E-state index contributed by atoms with van der Waals surface area (Å²) in [5, 5.41) is 10.4. The molecule has 4 atom stereocenters. The molecule has 0 aromatic carbocycles. The van der Waals surface area contributed by atoms with E-state index in [9.17, 15) is 5.11 Å². The van der Waals surface area contributed by atoms with Crippen molar-refractivity contribution in [2.45, 2.75) is 63.6 Å². The third-order valence-electron chi connectivity index (χ3n) is 5.19. The molecule has 100 valence electrons. The number of methoxy groups -OCH3 is 1. The van der Waals surface area contributed by atoms with Gasteiger partial charge >= 0.3 is 0 Å². The molecule has 0 amide bonds. The average molecular weight is 241 g/mol. The highest BCUT2D eigenvalue weighted by atomic mass is 16.5. The molecule has 3 nitrogen and oxygen atoms in total. The maximum absolute atomic E-state index is 10.4. The van der Waals surface area contributed by atoms with Crippen LogP contribution in [0.1, 0.15) is 51.4 Å². The minimum absolute atomic E-state index is 0.0184. The second-order valence-corrected chi connectivity index (χ2v) is 5.92. The lowest BCUT2D eigenvalue weighted by Gasteiger charge is -2.49. The number of rotatable bonds is 3. The van der Waals surface area contributed by atoms with Crippen molar-refractivity contribution in [2.24, 2.45) is 17.1 Å². The predicted octanol–water partition coefficient (Wildman–Crippen LogP) is 2.07. The van der Waals surface area contributed by atoms with Crippen LogP contribution in [0.5, 0.6) is 0 Å². The first-order chi connectivity index (χ1) is 8.23. The summed E-state index contributed by atoms with van der Waals surface area (Å²) in [6.45, 7) is 0.634. The summed E-state index contributed by atoms with van der Waals surface area (Å²) in [6, 6.07) is 0. The third-order valence-corrected chi connectivity index (χ3v) is 5.19. The Morgan fingerprint density at radius 3 is 2.71 bits per heavy atom. The molecule has 2 rings (SSSR count). The fraction of sp³-hybridized carbons (Fsp3) is 1.00. The molecule has 2 saturated carbocycles. The Labute approximate surface area is 105 Å². The smallest absolute Gasteiger partial charge is 0.0611 e. The van der Waals surface area contributed by atoms with Crippen LogP contribution in [-0.4, -0.2) is 31.0 Å². The molecule has 4 unspecified atom stereocenters. The van der Waals surface area contributed by atoms with Gasteiger partial charge in [0, 0.05) is 19.1 Å². The summed E-state index contributed by atoms with van der Waals surface area (Å²) < 4.78 is 5.51. The van der Waals surface area contributed by atoms with Gasteiger partial charge in [0.25, 0.3) is 0 Å². The number of nitrogens with two attached hydrogens (primary N) is 1. The molecule has 0 saturated heterocycles. The van der Waals surface area contributed by atoms with Crippen LogP contribution >= 0.6 is 0 Å². The van der Waals surface area contributed by atoms with Crippen molar-refractivity contribution in [1.29, 1.82) is 0 Å². The van der Waals surface area contributed by atoms with Gasteiger partial charge in [-0.25, -0.2) is 0 Å². The molecule has 2 fully saturated rings. The highest BCUT2D eigenvalue weighted by molar-refractivity contribution is 4.97. The van der Waals surface area contributed by atoms with Crippen LogP contribution in [0.15, 0.2) is 0 Å². The van der Waals surface area contributed by atoms with E-state index in [1.165, 1.54) is 25.7 Å². The van der Waals surface area contributed by atoms with Crippen molar-refractivity contribution in [3.63, 3.8) is 0 Å². The minimum atomic E-state index is -0.193. The van der Waals surface area contributed by atoms with Gasteiger partial charge in [0.2, 0.25) is 0 Å². The van der Waals surface area contributed by atoms with Crippen molar-refractivity contribution in [2.75, 3.05) is 13.7 Å². The zero-order valence-electron chi connectivity index (χ0n) is 11.0. The molecule has 17 heavy (non-hydrogen) atoms. The van der Waals surface area contributed by atoms with Gasteiger partial charge in [-0.3, -0.25) is 0 Å². The molecule has 2 aliphatic rings. The number of ether oxygens (including phenoxy) is 1. The summed E-state index contributed by atoms with van der Waals surface area (Å²) in [4.78, 5) is 0. The largest absolute Gasteiger partial charge is 0.392 e. The van der Waals surface area contributed by atoms with E-state index >= 15 is 0 Å². The molecule has 2 aliphatic carbocycles. The molecular formula is C14H27NO2. The van der Waals surface area contributed by atoms with E-state index < -0.39 is 0 Å². The fourth-order valence-corrected chi connectivity index (χ4v) is 4.01. The first-order valence-corrected chi connectivity index (χ1v) is 7.14. The number of aliphatic hydroxyl groups is 1. The van der Waals surface area contributed by atoms with E-state index in [1.807, 2.05) is 0 Å². The highest BCUT2D eigenvalue weighted by Crippen LogP contribution is 2.48. The SMILES string of the molecule is COC1CCCC(C2(CN)CCCCC2O)C1. The lowest BCUT2D eigenvalue weighted by molar-refractivity contribution is -0.0774. The van der Waals surface area contributed by atoms with Gasteiger partial charge in [-0.05, 0) is 38.0 Å². The lowest BCUT2D eigenvalue weighted by Crippen LogP contribution is -2.51. The Bertz CT molecular complexity index is 246. The van der Waals surface area contributed by atoms with Crippen LogP contribution in [0.2, 0.25) is 0 Å². The first-order valence-electron chi connectivity index (χ1n) is 7.14. The Balaban J connectivity index is 2.10. The molecular weight excluding hydrogens is 214 g/mol. The standard InChI is InChI=1S/C14H27NO2/c1-17-12-6-4-5-11(9-12)14(10-15)8-3-2-7-13(14)16/h11-13,16H,2-10,15H2,1H3. The molecule has 0 radical (unpaired) electrons. The number of hydrogen-bond acceptors (Lipinski definition) is 3. The number of aliphatic hydroxyl groups excluding tert-OH is 1. The van der Waals surface area contributed by atoms with E-state index in [-0.39, 0.29) is 11.5 Å². The van der Waals surface area contributed by atoms with Gasteiger partial charge in [-0.2, -0.15) is 0 Å². The quantitative estimate of drug-likeness (QED) is 0.795. The lowest BCUT2D eigenvalue weighted by atomic mass is 9.60. The molecule has 0 spiro atoms. The van der Waals surface area contributed by atoms with Crippen molar-refractivity contribution in [3.05, 3.63) is 0 Å². The molecule has 0 heterocycles. The summed E-state index contributed by atoms with van der Waals surface area (Å²) in [5.74, 6) is 0.557. The van der Waals surface area contributed by atoms with Crippen LogP contribution in [-0.2, 0) is 4.74 Å². The van der Waals surface area contributed by atoms with Crippen LogP contribution in [0.25, 0.3) is 0 Å². The highest BCUT2D eigenvalue weighted by Gasteiger charge is 2.46. The fourth-order valence-electron chi connectivity index (χ4n) is 4.01. The van der Waals surface area contributed by atoms with Gasteiger partial charge in [0.1, 0.15) is 0 Å². The molecule has 0 aliphatic heterocycles.